The minimum Gasteiger partial charge on any atom is -0.497 e. The van der Waals surface area contributed by atoms with Crippen molar-refractivity contribution in [3.8, 4) is 22.9 Å². The smallest absolute Gasteiger partial charge is 0.327 e. The fraction of sp³-hybridized carbons (Fsp3) is 0.273. The lowest BCUT2D eigenvalue weighted by molar-refractivity contribution is -0.135. The van der Waals surface area contributed by atoms with Crippen LogP contribution in [-0.2, 0) is 21.6 Å². The summed E-state index contributed by atoms with van der Waals surface area (Å²) in [5.41, 5.74) is 1.57. The zero-order valence-corrected chi connectivity index (χ0v) is 27.3. The van der Waals surface area contributed by atoms with Gasteiger partial charge in [0, 0.05) is 37.2 Å². The highest BCUT2D eigenvalue weighted by atomic mass is 35.5. The number of nitrogens with one attached hydrogen (secondary N) is 1. The van der Waals surface area contributed by atoms with Crippen LogP contribution in [-0.4, -0.2) is 65.0 Å². The number of hydrogen-bond acceptors (Lipinski definition) is 7. The van der Waals surface area contributed by atoms with Crippen molar-refractivity contribution in [3.05, 3.63) is 83.6 Å². The Morgan fingerprint density at radius 1 is 1.00 bits per heavy atom. The number of aromatic hydroxyl groups is 1. The first kappa shape index (κ1) is 30.6. The molecule has 3 amide bonds. The van der Waals surface area contributed by atoms with E-state index in [-0.39, 0.29) is 24.3 Å². The third-order valence-electron chi connectivity index (χ3n) is 8.05. The Kier molecular flexibility index (Phi) is 8.02. The molecule has 10 nitrogen and oxygen atoms in total. The van der Waals surface area contributed by atoms with Crippen molar-refractivity contribution in [1.29, 1.82) is 0 Å². The summed E-state index contributed by atoms with van der Waals surface area (Å²) in [6.07, 6.45) is 1.75. The lowest BCUT2D eigenvalue weighted by atomic mass is 9.88. The molecule has 12 heteroatoms. The molecule has 1 saturated heterocycles. The molecule has 0 unspecified atom stereocenters. The molecular formula is C33H34ClN5O5Si. The number of carbonyl (C=O) groups is 2. The Labute approximate surface area is 266 Å². The number of aromatic nitrogens is 3. The molecular weight excluding hydrogens is 610 g/mol. The van der Waals surface area contributed by atoms with Crippen molar-refractivity contribution in [1.82, 2.24) is 24.8 Å². The number of nitrogens with zero attached hydrogens (tertiary/aromatic N) is 4. The van der Waals surface area contributed by atoms with E-state index in [0.717, 1.165) is 16.3 Å². The van der Waals surface area contributed by atoms with Crippen LogP contribution in [0.5, 0.6) is 11.6 Å². The summed E-state index contributed by atoms with van der Waals surface area (Å²) in [7, 11) is 0.183. The van der Waals surface area contributed by atoms with Gasteiger partial charge in [0.1, 0.15) is 18.2 Å². The van der Waals surface area contributed by atoms with E-state index >= 15 is 0 Å². The molecule has 0 bridgehead atoms. The van der Waals surface area contributed by atoms with Gasteiger partial charge in [0.2, 0.25) is 0 Å². The van der Waals surface area contributed by atoms with Crippen LogP contribution in [0.1, 0.15) is 5.56 Å². The highest BCUT2D eigenvalue weighted by Gasteiger charge is 2.53. The minimum absolute atomic E-state index is 0.0509. The fourth-order valence-corrected chi connectivity index (χ4v) is 6.47. The van der Waals surface area contributed by atoms with E-state index in [9.17, 15) is 14.7 Å². The van der Waals surface area contributed by atoms with Gasteiger partial charge in [0.15, 0.2) is 16.6 Å². The van der Waals surface area contributed by atoms with E-state index in [1.807, 2.05) is 30.3 Å². The number of carbonyl (C=O) groups excluding carboxylic acids is 2. The van der Waals surface area contributed by atoms with Gasteiger partial charge in [0.25, 0.3) is 5.91 Å². The normalized spacial score (nSPS) is 17.0. The SMILES string of the molecule is COc1ccc2cn(C[C@@]3(c4ccc(-c5nc6ccccc6nc5Cl)cc4)NC(=O)N(COCC[Si](C)(C)C)C3=O)c(O)c2c1. The van der Waals surface area contributed by atoms with Crippen LogP contribution in [0, 0.1) is 0 Å². The van der Waals surface area contributed by atoms with Gasteiger partial charge in [-0.25, -0.2) is 19.7 Å². The summed E-state index contributed by atoms with van der Waals surface area (Å²) in [4.78, 5) is 37.9. The molecule has 0 aliphatic carbocycles. The maximum atomic E-state index is 14.2. The molecule has 3 heterocycles. The molecule has 1 aliphatic heterocycles. The molecule has 1 fully saturated rings. The van der Waals surface area contributed by atoms with Gasteiger partial charge in [-0.2, -0.15) is 0 Å². The molecule has 45 heavy (non-hydrogen) atoms. The van der Waals surface area contributed by atoms with Gasteiger partial charge < -0.3 is 24.5 Å². The molecule has 2 N–H and O–H groups in total. The average molecular weight is 644 g/mol. The number of methoxy groups -OCH3 is 1. The van der Waals surface area contributed by atoms with Crippen LogP contribution >= 0.6 is 11.6 Å². The molecule has 2 aromatic heterocycles. The van der Waals surface area contributed by atoms with Crippen LogP contribution in [0.15, 0.2) is 72.9 Å². The predicted octanol–water partition coefficient (Wildman–Crippen LogP) is 6.38. The number of halogens is 1. The molecule has 5 aromatic rings. The van der Waals surface area contributed by atoms with E-state index in [1.165, 1.54) is 0 Å². The Bertz CT molecular complexity index is 1920. The Balaban J connectivity index is 1.38. The molecule has 0 saturated carbocycles. The first-order valence-electron chi connectivity index (χ1n) is 14.6. The van der Waals surface area contributed by atoms with Crippen LogP contribution < -0.4 is 10.1 Å². The van der Waals surface area contributed by atoms with Crippen molar-refractivity contribution < 1.29 is 24.2 Å². The number of ether oxygens (including phenoxy) is 2. The van der Waals surface area contributed by atoms with Gasteiger partial charge in [0.05, 0.1) is 24.7 Å². The van der Waals surface area contributed by atoms with Gasteiger partial charge in [-0.05, 0) is 41.9 Å². The van der Waals surface area contributed by atoms with Crippen molar-refractivity contribution in [3.63, 3.8) is 0 Å². The third-order valence-corrected chi connectivity index (χ3v) is 10.0. The van der Waals surface area contributed by atoms with Crippen LogP contribution in [0.4, 0.5) is 4.79 Å². The molecule has 0 spiro atoms. The molecule has 0 radical (unpaired) electrons. The van der Waals surface area contributed by atoms with E-state index in [1.54, 1.807) is 54.3 Å². The van der Waals surface area contributed by atoms with Gasteiger partial charge in [-0.15, -0.1) is 0 Å². The highest BCUT2D eigenvalue weighted by molar-refractivity contribution is 6.76. The standard InChI is InChI=1S/C33H34ClN5O5Si/c1-43-24-14-11-22-18-38(30(40)25(22)17-24)19-33(31(41)39(32(42)37-33)20-44-15-16-45(2,3)4)23-12-9-21(10-13-23)28-29(34)36-27-8-6-5-7-26(27)35-28/h5-14,17-18,40H,15-16,19-20H2,1-4H3,(H,37,42)/t33-/m0/s1. The topological polar surface area (TPSA) is 119 Å². The number of benzene rings is 3. The van der Waals surface area contributed by atoms with Crippen molar-refractivity contribution in [2.24, 2.45) is 0 Å². The average Bonchev–Trinajstić information content (AvgIpc) is 3.45. The molecule has 6 rings (SSSR count). The summed E-state index contributed by atoms with van der Waals surface area (Å²) < 4.78 is 12.7. The van der Waals surface area contributed by atoms with Gasteiger partial charge >= 0.3 is 6.03 Å². The largest absolute Gasteiger partial charge is 0.497 e. The second-order valence-electron chi connectivity index (χ2n) is 12.4. The molecule has 1 atom stereocenters. The molecule has 232 valence electrons. The summed E-state index contributed by atoms with van der Waals surface area (Å²) in [6.45, 7) is 6.92. The highest BCUT2D eigenvalue weighted by Crippen LogP contribution is 2.37. The quantitative estimate of drug-likeness (QED) is 0.103. The van der Waals surface area contributed by atoms with Gasteiger partial charge in [-0.3, -0.25) is 4.79 Å². The summed E-state index contributed by atoms with van der Waals surface area (Å²) in [6, 6.07) is 20.3. The number of hydrogen-bond donors (Lipinski definition) is 2. The van der Waals surface area contributed by atoms with Crippen LogP contribution in [0.25, 0.3) is 33.1 Å². The molecule has 1 aliphatic rings. The fourth-order valence-electron chi connectivity index (χ4n) is 5.47. The summed E-state index contributed by atoms with van der Waals surface area (Å²) in [5, 5.41) is 15.7. The van der Waals surface area contributed by atoms with Gasteiger partial charge in [-0.1, -0.05) is 67.6 Å². The third kappa shape index (κ3) is 5.86. The molecule has 3 aromatic carbocycles. The van der Waals surface area contributed by atoms with Crippen LogP contribution in [0.2, 0.25) is 30.8 Å². The number of fused-ring (bicyclic) bond motifs is 2. The number of rotatable bonds is 10. The first-order chi connectivity index (χ1) is 21.5. The zero-order chi connectivity index (χ0) is 31.9. The zero-order valence-electron chi connectivity index (χ0n) is 25.5. The second-order valence-corrected chi connectivity index (χ2v) is 18.4. The Morgan fingerprint density at radius 2 is 1.71 bits per heavy atom. The maximum absolute atomic E-state index is 14.2. The summed E-state index contributed by atoms with van der Waals surface area (Å²) in [5.74, 6) is 0.0553. The minimum atomic E-state index is -1.53. The van der Waals surface area contributed by atoms with E-state index in [4.69, 9.17) is 26.1 Å². The number of imide groups is 1. The van der Waals surface area contributed by atoms with Crippen molar-refractivity contribution in [2.75, 3.05) is 20.4 Å². The predicted molar refractivity (Wildman–Crippen MR) is 176 cm³/mol. The van der Waals surface area contributed by atoms with Crippen molar-refractivity contribution in [2.45, 2.75) is 37.8 Å². The number of amides is 3. The van der Waals surface area contributed by atoms with E-state index in [0.29, 0.717) is 45.6 Å². The number of urea groups is 1. The second kappa shape index (κ2) is 11.8. The Hall–Kier alpha value is -4.45. The number of para-hydroxylation sites is 2. The van der Waals surface area contributed by atoms with Crippen LogP contribution in [0.3, 0.4) is 0 Å². The maximum Gasteiger partial charge on any atom is 0.327 e. The first-order valence-corrected chi connectivity index (χ1v) is 18.7. The van der Waals surface area contributed by atoms with E-state index < -0.39 is 25.6 Å². The Morgan fingerprint density at radius 3 is 2.40 bits per heavy atom. The lowest BCUT2D eigenvalue weighted by Gasteiger charge is -2.28. The monoisotopic (exact) mass is 643 g/mol. The lowest BCUT2D eigenvalue weighted by Crippen LogP contribution is -2.47. The van der Waals surface area contributed by atoms with E-state index in [2.05, 4.69) is 29.9 Å². The van der Waals surface area contributed by atoms with Crippen molar-refractivity contribution >= 4 is 53.4 Å². The summed E-state index contributed by atoms with van der Waals surface area (Å²) >= 11 is 6.52.